The Balaban J connectivity index is 2.99. The van der Waals surface area contributed by atoms with Gasteiger partial charge in [-0.3, -0.25) is 9.63 Å². The second kappa shape index (κ2) is 4.25. The summed E-state index contributed by atoms with van der Waals surface area (Å²) in [7, 11) is 1.37. The maximum Gasteiger partial charge on any atom is 0.276 e. The first-order valence-corrected chi connectivity index (χ1v) is 4.33. The average molecular weight is 245 g/mol. The molecule has 0 aliphatic heterocycles. The monoisotopic (exact) mass is 244 g/mol. The molecule has 1 aromatic rings. The molecule has 0 aliphatic rings. The van der Waals surface area contributed by atoms with Crippen molar-refractivity contribution in [2.24, 2.45) is 0 Å². The number of benzene rings is 1. The summed E-state index contributed by atoms with van der Waals surface area (Å²) in [5, 5.41) is 0. The van der Waals surface area contributed by atoms with Crippen molar-refractivity contribution in [2.45, 2.75) is 0 Å². The molecule has 1 rings (SSSR count). The molecule has 0 aromatic heterocycles. The van der Waals surface area contributed by atoms with Crippen LogP contribution in [-0.2, 0) is 4.84 Å². The lowest BCUT2D eigenvalue weighted by molar-refractivity contribution is 0.0538. The number of nitrogens with one attached hydrogen (secondary N) is 1. The van der Waals surface area contributed by atoms with E-state index in [0.29, 0.717) is 11.3 Å². The lowest BCUT2D eigenvalue weighted by Gasteiger charge is -2.05. The first-order chi connectivity index (χ1) is 6.15. The Morgan fingerprint density at radius 3 is 2.92 bits per heavy atom. The zero-order chi connectivity index (χ0) is 9.84. The highest BCUT2D eigenvalue weighted by Gasteiger charge is 2.08. The van der Waals surface area contributed by atoms with Gasteiger partial charge in [-0.1, -0.05) is 15.9 Å². The summed E-state index contributed by atoms with van der Waals surface area (Å²) in [6.07, 6.45) is 0. The molecular weight excluding hydrogens is 236 g/mol. The van der Waals surface area contributed by atoms with Crippen LogP contribution in [0.2, 0.25) is 0 Å². The van der Waals surface area contributed by atoms with Crippen LogP contribution >= 0.6 is 15.9 Å². The Bertz CT molecular complexity index is 328. The van der Waals surface area contributed by atoms with Crippen LogP contribution in [0.25, 0.3) is 0 Å². The molecule has 0 bridgehead atoms. The maximum absolute atomic E-state index is 11.3. The number of rotatable bonds is 2. The van der Waals surface area contributed by atoms with Crippen LogP contribution < -0.4 is 11.2 Å². The molecule has 3 N–H and O–H groups in total. The van der Waals surface area contributed by atoms with Gasteiger partial charge < -0.3 is 5.73 Å². The van der Waals surface area contributed by atoms with Crippen molar-refractivity contribution in [3.63, 3.8) is 0 Å². The lowest BCUT2D eigenvalue weighted by atomic mass is 10.2. The van der Waals surface area contributed by atoms with E-state index in [-0.39, 0.29) is 5.91 Å². The predicted octanol–water partition coefficient (Wildman–Crippen LogP) is 1.32. The van der Waals surface area contributed by atoms with Gasteiger partial charge in [0.25, 0.3) is 5.91 Å². The molecule has 4 nitrogen and oxygen atoms in total. The van der Waals surface area contributed by atoms with Crippen LogP contribution in [0.4, 0.5) is 5.69 Å². The summed E-state index contributed by atoms with van der Waals surface area (Å²) in [4.78, 5) is 15.8. The number of carbonyl (C=O) groups excluding carboxylic acids is 1. The molecule has 0 unspecified atom stereocenters. The molecule has 70 valence electrons. The number of nitrogen functional groups attached to an aromatic ring is 1. The number of hydroxylamine groups is 1. The topological polar surface area (TPSA) is 64.3 Å². The van der Waals surface area contributed by atoms with Gasteiger partial charge in [-0.25, -0.2) is 5.48 Å². The molecule has 0 heterocycles. The predicted molar refractivity (Wildman–Crippen MR) is 53.0 cm³/mol. The highest BCUT2D eigenvalue weighted by Crippen LogP contribution is 2.17. The zero-order valence-corrected chi connectivity index (χ0v) is 8.59. The molecule has 1 amide bonds. The van der Waals surface area contributed by atoms with Crippen molar-refractivity contribution < 1.29 is 9.63 Å². The third kappa shape index (κ3) is 2.43. The molecule has 0 spiro atoms. The Hall–Kier alpha value is -1.07. The van der Waals surface area contributed by atoms with E-state index in [1.54, 1.807) is 18.2 Å². The maximum atomic E-state index is 11.3. The minimum absolute atomic E-state index is 0.360. The Morgan fingerprint density at radius 2 is 2.31 bits per heavy atom. The summed E-state index contributed by atoms with van der Waals surface area (Å²) >= 11 is 3.24. The van der Waals surface area contributed by atoms with Crippen LogP contribution in [0.3, 0.4) is 0 Å². The van der Waals surface area contributed by atoms with Crippen LogP contribution in [0.1, 0.15) is 10.4 Å². The minimum Gasteiger partial charge on any atom is -0.398 e. The number of amides is 1. The van der Waals surface area contributed by atoms with Gasteiger partial charge in [-0.05, 0) is 18.2 Å². The van der Waals surface area contributed by atoms with Gasteiger partial charge in [-0.2, -0.15) is 0 Å². The van der Waals surface area contributed by atoms with Gasteiger partial charge in [0.2, 0.25) is 0 Å². The smallest absolute Gasteiger partial charge is 0.276 e. The molecule has 1 aromatic carbocycles. The van der Waals surface area contributed by atoms with Crippen molar-refractivity contribution in [3.8, 4) is 0 Å². The number of nitrogens with two attached hydrogens (primary N) is 1. The molecule has 5 heteroatoms. The van der Waals surface area contributed by atoms with E-state index >= 15 is 0 Å². The largest absolute Gasteiger partial charge is 0.398 e. The minimum atomic E-state index is -0.360. The molecule has 0 saturated carbocycles. The molecule has 0 atom stereocenters. The molecule has 0 radical (unpaired) electrons. The van der Waals surface area contributed by atoms with Gasteiger partial charge in [0.1, 0.15) is 0 Å². The quantitative estimate of drug-likeness (QED) is 0.610. The Labute approximate surface area is 84.1 Å². The van der Waals surface area contributed by atoms with E-state index in [0.717, 1.165) is 4.47 Å². The zero-order valence-electron chi connectivity index (χ0n) is 7.00. The van der Waals surface area contributed by atoms with E-state index in [1.807, 2.05) is 0 Å². The number of anilines is 1. The van der Waals surface area contributed by atoms with Crippen LogP contribution in [0.5, 0.6) is 0 Å². The van der Waals surface area contributed by atoms with E-state index in [1.165, 1.54) is 7.11 Å². The van der Waals surface area contributed by atoms with Gasteiger partial charge in [0.05, 0.1) is 12.7 Å². The van der Waals surface area contributed by atoms with Crippen LogP contribution in [0, 0.1) is 0 Å². The first-order valence-electron chi connectivity index (χ1n) is 3.53. The second-order valence-electron chi connectivity index (χ2n) is 2.37. The van der Waals surface area contributed by atoms with Gasteiger partial charge in [-0.15, -0.1) is 0 Å². The molecule has 13 heavy (non-hydrogen) atoms. The van der Waals surface area contributed by atoms with Gasteiger partial charge >= 0.3 is 0 Å². The molecule has 0 fully saturated rings. The van der Waals surface area contributed by atoms with Crippen molar-refractivity contribution in [3.05, 3.63) is 28.2 Å². The number of hydrogen-bond acceptors (Lipinski definition) is 3. The van der Waals surface area contributed by atoms with Crippen molar-refractivity contribution in [1.82, 2.24) is 5.48 Å². The Kier molecular flexibility index (Phi) is 3.27. The fourth-order valence-corrected chi connectivity index (χ4v) is 1.23. The van der Waals surface area contributed by atoms with Crippen molar-refractivity contribution in [2.75, 3.05) is 12.8 Å². The molecular formula is C8H9BrN2O2. The van der Waals surface area contributed by atoms with Crippen molar-refractivity contribution >= 4 is 27.5 Å². The highest BCUT2D eigenvalue weighted by atomic mass is 79.9. The number of halogens is 1. The summed E-state index contributed by atoms with van der Waals surface area (Å²) < 4.78 is 0.794. The normalized spacial score (nSPS) is 9.69. The standard InChI is InChI=1S/C8H9BrN2O2/c1-13-11-8(12)6-4-5(9)2-3-7(6)10/h2-4H,10H2,1H3,(H,11,12). The van der Waals surface area contributed by atoms with E-state index in [2.05, 4.69) is 26.2 Å². The SMILES string of the molecule is CONC(=O)c1cc(Br)ccc1N. The molecule has 0 saturated heterocycles. The number of hydrogen-bond donors (Lipinski definition) is 2. The summed E-state index contributed by atoms with van der Waals surface area (Å²) in [5.41, 5.74) is 8.57. The average Bonchev–Trinajstić information content (AvgIpc) is 2.09. The third-order valence-electron chi connectivity index (χ3n) is 1.45. The third-order valence-corrected chi connectivity index (χ3v) is 1.95. The Morgan fingerprint density at radius 1 is 1.62 bits per heavy atom. The van der Waals surface area contributed by atoms with Crippen LogP contribution in [0.15, 0.2) is 22.7 Å². The second-order valence-corrected chi connectivity index (χ2v) is 3.28. The fourth-order valence-electron chi connectivity index (χ4n) is 0.873. The summed E-state index contributed by atoms with van der Waals surface area (Å²) in [6, 6.07) is 5.04. The highest BCUT2D eigenvalue weighted by molar-refractivity contribution is 9.10. The lowest BCUT2D eigenvalue weighted by Crippen LogP contribution is -2.22. The van der Waals surface area contributed by atoms with Crippen LogP contribution in [-0.4, -0.2) is 13.0 Å². The summed E-state index contributed by atoms with van der Waals surface area (Å²) in [5.74, 6) is -0.360. The number of carbonyl (C=O) groups is 1. The fraction of sp³-hybridized carbons (Fsp3) is 0.125. The van der Waals surface area contributed by atoms with E-state index in [9.17, 15) is 4.79 Å². The van der Waals surface area contributed by atoms with Gasteiger partial charge in [0.15, 0.2) is 0 Å². The molecule has 0 aliphatic carbocycles. The summed E-state index contributed by atoms with van der Waals surface area (Å²) in [6.45, 7) is 0. The van der Waals surface area contributed by atoms with Crippen molar-refractivity contribution in [1.29, 1.82) is 0 Å². The van der Waals surface area contributed by atoms with E-state index in [4.69, 9.17) is 5.73 Å². The van der Waals surface area contributed by atoms with E-state index < -0.39 is 0 Å². The van der Waals surface area contributed by atoms with Gasteiger partial charge in [0, 0.05) is 10.2 Å². The first kappa shape index (κ1) is 10.0.